The molecule has 4 aromatic rings. The number of Topliss-reactive ketones (excluding diaryl/α,β-unsaturated/α-hetero) is 1. The highest BCUT2D eigenvalue weighted by molar-refractivity contribution is 6.63. The van der Waals surface area contributed by atoms with Gasteiger partial charge >= 0.3 is 42.3 Å². The van der Waals surface area contributed by atoms with E-state index in [1.54, 1.807) is 65.8 Å². The first-order valence-corrected chi connectivity index (χ1v) is 29.5. The van der Waals surface area contributed by atoms with E-state index in [0.717, 1.165) is 11.1 Å². The lowest BCUT2D eigenvalue weighted by Crippen LogP contribution is -2.46. The van der Waals surface area contributed by atoms with Crippen LogP contribution in [0.25, 0.3) is 0 Å². The van der Waals surface area contributed by atoms with Gasteiger partial charge in [-0.25, -0.2) is 33.6 Å². The number of amides is 6. The van der Waals surface area contributed by atoms with E-state index >= 15 is 0 Å². The highest BCUT2D eigenvalue weighted by Gasteiger charge is 2.36. The Morgan fingerprint density at radius 3 is 1.38 bits per heavy atom. The molecule has 6 N–H and O–H groups in total. The van der Waals surface area contributed by atoms with E-state index in [9.17, 15) is 47.9 Å². The van der Waals surface area contributed by atoms with Gasteiger partial charge in [0.2, 0.25) is 0 Å². The molecule has 2 atom stereocenters. The number of ketones is 1. The van der Waals surface area contributed by atoms with Crippen LogP contribution >= 0.6 is 34.8 Å². The summed E-state index contributed by atoms with van der Waals surface area (Å²) in [7, 11) is 5.49. The Morgan fingerprint density at radius 1 is 0.544 bits per heavy atom. The third kappa shape index (κ3) is 32.6. The first-order chi connectivity index (χ1) is 42.5. The van der Waals surface area contributed by atoms with Gasteiger partial charge in [-0.1, -0.05) is 102 Å². The SMILES string of the molecule is CC(C)(C)OC(=O)N[C@@H](CCCCNC(=O)OCc1ccccc1)C(=O)ON1C(=O)CCC1=O.COC(=O)c1cc(CC(=O)[C@H](CCCCNC(=O)OCc2ccccc2)NC(=O)OC(C)(C)C)ccc1OC.COC(=O)c1cc(N)ccc1OC.ClC(Cl)Cl. The number of carbonyl (C=O) groups is 10. The van der Waals surface area contributed by atoms with Crippen LogP contribution in [-0.4, -0.2) is 134 Å². The fourth-order valence-electron chi connectivity index (χ4n) is 7.60. The Labute approximate surface area is 538 Å². The number of methoxy groups -OCH3 is 4. The first kappa shape index (κ1) is 77.5. The molecule has 0 aromatic heterocycles. The number of nitrogens with one attached hydrogen (secondary N) is 4. The zero-order chi connectivity index (χ0) is 67.4. The summed E-state index contributed by atoms with van der Waals surface area (Å²) in [6, 6.07) is 26.2. The number of imide groups is 1. The third-order valence-corrected chi connectivity index (χ3v) is 11.7. The number of carbonyl (C=O) groups excluding carboxylic acids is 10. The van der Waals surface area contributed by atoms with Gasteiger partial charge in [0.05, 0.1) is 34.5 Å². The Balaban J connectivity index is 0.000000489. The fraction of sp³-hybridized carbons (Fsp3) is 0.452. The van der Waals surface area contributed by atoms with E-state index in [0.29, 0.717) is 72.0 Å². The molecule has 0 aliphatic carbocycles. The average Bonchev–Trinajstić information content (AvgIpc) is 2.29. The van der Waals surface area contributed by atoms with Crippen LogP contribution in [0.2, 0.25) is 0 Å². The van der Waals surface area contributed by atoms with Crippen LogP contribution in [0.5, 0.6) is 11.5 Å². The van der Waals surface area contributed by atoms with Crippen LogP contribution < -0.4 is 36.5 Å². The molecule has 6 amide bonds. The second-order valence-electron chi connectivity index (χ2n) is 21.2. The molecule has 0 unspecified atom stereocenters. The number of anilines is 1. The van der Waals surface area contributed by atoms with Gasteiger partial charge in [-0.05, 0) is 127 Å². The van der Waals surface area contributed by atoms with Crippen molar-refractivity contribution < 1.29 is 90.7 Å². The van der Waals surface area contributed by atoms with Gasteiger partial charge in [-0.2, -0.15) is 0 Å². The highest BCUT2D eigenvalue weighted by Crippen LogP contribution is 2.24. The molecular formula is C62H81Cl3N6O19. The van der Waals surface area contributed by atoms with Crippen molar-refractivity contribution >= 4 is 100 Å². The maximum absolute atomic E-state index is 13.2. The first-order valence-electron chi connectivity index (χ1n) is 28.2. The summed E-state index contributed by atoms with van der Waals surface area (Å²) in [5.41, 5.74) is 7.35. The molecule has 1 aliphatic rings. The third-order valence-electron chi connectivity index (χ3n) is 11.7. The number of hydrogen-bond acceptors (Lipinski definition) is 20. The number of unbranched alkanes of at least 4 members (excludes halogenated alkanes) is 2. The maximum Gasteiger partial charge on any atom is 0.408 e. The van der Waals surface area contributed by atoms with Gasteiger partial charge in [0, 0.05) is 38.0 Å². The second-order valence-corrected chi connectivity index (χ2v) is 23.2. The van der Waals surface area contributed by atoms with Crippen LogP contribution in [0, 0.1) is 0 Å². The van der Waals surface area contributed by atoms with Crippen LogP contribution in [0.3, 0.4) is 0 Å². The summed E-state index contributed by atoms with van der Waals surface area (Å²) < 4.78 is 39.6. The summed E-state index contributed by atoms with van der Waals surface area (Å²) in [5, 5.41) is 10.8. The van der Waals surface area contributed by atoms with E-state index < -0.39 is 81.7 Å². The molecule has 0 spiro atoms. The summed E-state index contributed by atoms with van der Waals surface area (Å²) >= 11 is 14.4. The molecule has 28 heteroatoms. The van der Waals surface area contributed by atoms with E-state index in [1.807, 2.05) is 60.7 Å². The number of alkyl carbamates (subject to hydrolysis) is 4. The van der Waals surface area contributed by atoms with Crippen molar-refractivity contribution in [3.8, 4) is 11.5 Å². The standard InChI is InChI=1S/C29H38N2O8.C23H31N3O8.C9H11NO3.CHCl3/c1-29(2,3)39-28(35)31-23(13-9-10-16-30-27(34)38-19-20-11-7-6-8-12-20)24(32)18-21-14-15-25(36-4)22(17-21)26(33)37-5;1-23(2,3)33-22(31)25-17(20(29)34-26-18(27)12-13-19(26)28)11-7-8-14-24-21(30)32-15-16-9-5-4-6-10-16;1-12-8-4-3-6(10)5-7(8)9(11)13-2;2-1(3)4/h6-8,11-12,14-15,17,23H,9-10,13,16,18-19H2,1-5H3,(H,30,34)(H,31,35);4-6,9-10,17H,7-8,11-15H2,1-3H3,(H,24,30)(H,25,31);3-5H,10H2,1-2H3;1H/t23-;17-;;/m00../s1. The quantitative estimate of drug-likeness (QED) is 0.0103. The molecule has 90 heavy (non-hydrogen) atoms. The number of hydrogen-bond donors (Lipinski definition) is 5. The number of esters is 2. The molecule has 4 aromatic carbocycles. The maximum atomic E-state index is 13.2. The van der Waals surface area contributed by atoms with Crippen LogP contribution in [0.4, 0.5) is 24.9 Å². The van der Waals surface area contributed by atoms with Crippen molar-refractivity contribution in [1.29, 1.82) is 0 Å². The van der Waals surface area contributed by atoms with Gasteiger partial charge in [0.1, 0.15) is 53.1 Å². The monoisotopic (exact) mass is 1320 g/mol. The molecule has 0 saturated carbocycles. The second kappa shape index (κ2) is 40.9. The average molecular weight is 1320 g/mol. The lowest BCUT2D eigenvalue weighted by Gasteiger charge is -2.23. The molecule has 494 valence electrons. The van der Waals surface area contributed by atoms with E-state index in [1.165, 1.54) is 40.6 Å². The predicted octanol–water partition coefficient (Wildman–Crippen LogP) is 10.2. The fourth-order valence-corrected chi connectivity index (χ4v) is 7.60. The van der Waals surface area contributed by atoms with Crippen molar-refractivity contribution in [3.05, 3.63) is 125 Å². The Morgan fingerprint density at radius 2 is 0.956 bits per heavy atom. The van der Waals surface area contributed by atoms with Crippen LogP contribution in [0.1, 0.15) is 130 Å². The normalized spacial score (nSPS) is 12.2. The number of hydroxylamine groups is 2. The van der Waals surface area contributed by atoms with E-state index in [-0.39, 0.29) is 56.8 Å². The Kier molecular flexibility index (Phi) is 35.2. The lowest BCUT2D eigenvalue weighted by molar-refractivity contribution is -0.199. The number of ether oxygens (including phenoxy) is 8. The topological polar surface area (TPSA) is 331 Å². The summed E-state index contributed by atoms with van der Waals surface area (Å²) in [5.74, 6) is -2.69. The molecule has 1 aliphatic heterocycles. The number of nitrogens with two attached hydrogens (primary N) is 1. The van der Waals surface area contributed by atoms with Gasteiger partial charge < -0.3 is 69.7 Å². The lowest BCUT2D eigenvalue weighted by atomic mass is 9.98. The Hall–Kier alpha value is -8.55. The summed E-state index contributed by atoms with van der Waals surface area (Å²) in [4.78, 5) is 126. The molecule has 5 rings (SSSR count). The van der Waals surface area contributed by atoms with Crippen LogP contribution in [-0.2, 0) is 72.1 Å². The van der Waals surface area contributed by atoms with E-state index in [4.69, 9.17) is 78.5 Å². The van der Waals surface area contributed by atoms with Crippen molar-refractivity contribution in [2.75, 3.05) is 47.3 Å². The highest BCUT2D eigenvalue weighted by atomic mass is 35.6. The van der Waals surface area contributed by atoms with Crippen molar-refractivity contribution in [1.82, 2.24) is 26.3 Å². The number of halogens is 3. The van der Waals surface area contributed by atoms with Gasteiger partial charge in [-0.3, -0.25) is 14.4 Å². The zero-order valence-electron chi connectivity index (χ0n) is 52.1. The number of nitrogens with zero attached hydrogens (tertiary/aromatic N) is 1. The van der Waals surface area contributed by atoms with E-state index in [2.05, 4.69) is 26.0 Å². The minimum absolute atomic E-state index is 0.0293. The van der Waals surface area contributed by atoms with Crippen molar-refractivity contribution in [2.24, 2.45) is 0 Å². The molecular weight excluding hydrogens is 1240 g/mol. The summed E-state index contributed by atoms with van der Waals surface area (Å²) in [6.45, 7) is 11.2. The molecule has 1 saturated heterocycles. The molecule has 1 fully saturated rings. The van der Waals surface area contributed by atoms with Crippen molar-refractivity contribution in [3.63, 3.8) is 0 Å². The number of alkyl halides is 3. The molecule has 0 bridgehead atoms. The van der Waals surface area contributed by atoms with Gasteiger partial charge in [0.25, 0.3) is 11.8 Å². The molecule has 25 nitrogen and oxygen atoms in total. The van der Waals surface area contributed by atoms with Gasteiger partial charge in [0.15, 0.2) is 10.1 Å². The predicted molar refractivity (Wildman–Crippen MR) is 334 cm³/mol. The van der Waals surface area contributed by atoms with Gasteiger partial charge in [-0.15, -0.1) is 5.06 Å². The minimum atomic E-state index is -1.15. The molecule has 0 radical (unpaired) electrons. The summed E-state index contributed by atoms with van der Waals surface area (Å²) in [6.07, 6.45) is -0.285. The zero-order valence-corrected chi connectivity index (χ0v) is 54.3. The van der Waals surface area contributed by atoms with Crippen molar-refractivity contribution in [2.45, 2.75) is 140 Å². The minimum Gasteiger partial charge on any atom is -0.496 e. The molecule has 1 heterocycles. The number of nitrogen functional groups attached to an aromatic ring is 1. The van der Waals surface area contributed by atoms with Crippen LogP contribution in [0.15, 0.2) is 97.1 Å². The smallest absolute Gasteiger partial charge is 0.408 e. The number of benzene rings is 4. The number of rotatable bonds is 25. The largest absolute Gasteiger partial charge is 0.496 e. The Bertz CT molecular complexity index is 2940.